The summed E-state index contributed by atoms with van der Waals surface area (Å²) in [6, 6.07) is 8.34. The molecule has 0 radical (unpaired) electrons. The molecule has 4 fully saturated rings. The highest BCUT2D eigenvalue weighted by Gasteiger charge is 2.52. The van der Waals surface area contributed by atoms with Crippen LogP contribution in [0.15, 0.2) is 29.6 Å². The molecule has 4 bridgehead atoms. The van der Waals surface area contributed by atoms with E-state index in [9.17, 15) is 4.79 Å². The minimum absolute atomic E-state index is 0.0584. The number of carbonyl (C=O) groups excluding carboxylic acids is 1. The number of hydrogen-bond acceptors (Lipinski definition) is 4. The number of hydrogen-bond donors (Lipinski definition) is 1. The van der Waals surface area contributed by atoms with Gasteiger partial charge in [0, 0.05) is 16.5 Å². The second-order valence-electron chi connectivity index (χ2n) is 9.45. The Balaban J connectivity index is 1.22. The molecule has 1 heterocycles. The van der Waals surface area contributed by atoms with Gasteiger partial charge in [0.05, 0.1) is 12.2 Å². The van der Waals surface area contributed by atoms with E-state index >= 15 is 0 Å². The number of nitrogens with one attached hydrogen (secondary N) is 1. The summed E-state index contributed by atoms with van der Waals surface area (Å²) >= 11 is 1.50. The van der Waals surface area contributed by atoms with Gasteiger partial charge in [0.15, 0.2) is 5.13 Å². The topological polar surface area (TPSA) is 45.2 Å². The Morgan fingerprint density at radius 1 is 1.14 bits per heavy atom. The number of likely N-dealkylation sites (N-methyl/N-ethyl adjacent to an activating group) is 1. The van der Waals surface area contributed by atoms with Gasteiger partial charge in [0.2, 0.25) is 5.91 Å². The number of aryl methyl sites for hydroxylation is 1. The average Bonchev–Trinajstić information content (AvgIpc) is 3.09. The highest BCUT2D eigenvalue weighted by Crippen LogP contribution is 2.57. The second-order valence-corrected chi connectivity index (χ2v) is 10.3. The Morgan fingerprint density at radius 3 is 2.36 bits per heavy atom. The van der Waals surface area contributed by atoms with Crippen molar-refractivity contribution in [3.05, 3.63) is 35.2 Å². The molecule has 28 heavy (non-hydrogen) atoms. The zero-order chi connectivity index (χ0) is 19.3. The Labute approximate surface area is 171 Å². The third-order valence-corrected chi connectivity index (χ3v) is 8.05. The van der Waals surface area contributed by atoms with E-state index in [-0.39, 0.29) is 11.4 Å². The quantitative estimate of drug-likeness (QED) is 0.778. The lowest BCUT2D eigenvalue weighted by molar-refractivity contribution is -0.123. The summed E-state index contributed by atoms with van der Waals surface area (Å²) in [6.45, 7) is 2.54. The fourth-order valence-electron chi connectivity index (χ4n) is 6.26. The number of nitrogens with zero attached hydrogens (tertiary/aromatic N) is 2. The van der Waals surface area contributed by atoms with E-state index in [4.69, 9.17) is 0 Å². The van der Waals surface area contributed by atoms with Gasteiger partial charge < -0.3 is 5.32 Å². The number of carbonyl (C=O) groups is 1. The molecule has 4 saturated carbocycles. The number of aromatic nitrogens is 1. The highest BCUT2D eigenvalue weighted by molar-refractivity contribution is 7.14. The molecule has 0 saturated heterocycles. The maximum absolute atomic E-state index is 12.7. The van der Waals surface area contributed by atoms with Crippen molar-refractivity contribution in [2.45, 2.75) is 51.0 Å². The molecule has 4 aliphatic carbocycles. The zero-order valence-corrected chi connectivity index (χ0v) is 17.6. The van der Waals surface area contributed by atoms with Gasteiger partial charge in [0.25, 0.3) is 0 Å². The van der Waals surface area contributed by atoms with Crippen molar-refractivity contribution < 1.29 is 4.79 Å². The monoisotopic (exact) mass is 395 g/mol. The van der Waals surface area contributed by atoms with Crippen molar-refractivity contribution in [3.63, 3.8) is 0 Å². The van der Waals surface area contributed by atoms with E-state index in [1.807, 2.05) is 5.38 Å². The van der Waals surface area contributed by atoms with Crippen LogP contribution in [0.1, 0.15) is 44.1 Å². The van der Waals surface area contributed by atoms with Gasteiger partial charge in [-0.25, -0.2) is 4.98 Å². The molecule has 4 nitrogen and oxygen atoms in total. The Hall–Kier alpha value is -1.72. The molecule has 1 aromatic heterocycles. The van der Waals surface area contributed by atoms with Crippen LogP contribution in [0.5, 0.6) is 0 Å². The number of benzene rings is 1. The minimum Gasteiger partial charge on any atom is -0.301 e. The molecule has 1 N–H and O–H groups in total. The van der Waals surface area contributed by atoms with Crippen molar-refractivity contribution in [1.82, 2.24) is 9.88 Å². The van der Waals surface area contributed by atoms with Crippen LogP contribution >= 0.6 is 11.3 Å². The Morgan fingerprint density at radius 2 is 1.75 bits per heavy atom. The van der Waals surface area contributed by atoms with E-state index < -0.39 is 0 Å². The molecule has 4 aliphatic rings. The largest absolute Gasteiger partial charge is 0.301 e. The fourth-order valence-corrected chi connectivity index (χ4v) is 7.00. The number of amides is 1. The van der Waals surface area contributed by atoms with Crippen LogP contribution in [0.3, 0.4) is 0 Å². The molecule has 0 unspecified atom stereocenters. The zero-order valence-electron chi connectivity index (χ0n) is 16.8. The van der Waals surface area contributed by atoms with Gasteiger partial charge in [-0.05, 0) is 70.3 Å². The molecule has 0 aliphatic heterocycles. The summed E-state index contributed by atoms with van der Waals surface area (Å²) in [5.41, 5.74) is 3.52. The van der Waals surface area contributed by atoms with Crippen LogP contribution < -0.4 is 5.32 Å². The summed E-state index contributed by atoms with van der Waals surface area (Å²) in [5, 5.41) is 5.74. The van der Waals surface area contributed by atoms with Crippen LogP contribution in [-0.2, 0) is 4.79 Å². The lowest BCUT2D eigenvalue weighted by Crippen LogP contribution is -2.59. The Kier molecular flexibility index (Phi) is 4.55. The molecule has 0 atom stereocenters. The molecule has 1 amide bonds. The first-order valence-electron chi connectivity index (χ1n) is 10.5. The van der Waals surface area contributed by atoms with Gasteiger partial charge in [-0.15, -0.1) is 11.3 Å². The van der Waals surface area contributed by atoms with Crippen molar-refractivity contribution >= 4 is 22.4 Å². The molecular formula is C23H29N3OS. The summed E-state index contributed by atoms with van der Waals surface area (Å²) in [6.07, 6.45) is 8.16. The number of rotatable bonds is 5. The molecule has 2 aromatic rings. The van der Waals surface area contributed by atoms with Crippen molar-refractivity contribution in [2.75, 3.05) is 18.9 Å². The van der Waals surface area contributed by atoms with E-state index in [2.05, 4.69) is 53.4 Å². The maximum atomic E-state index is 12.7. The van der Waals surface area contributed by atoms with E-state index in [0.717, 1.165) is 29.0 Å². The van der Waals surface area contributed by atoms with E-state index in [1.165, 1.54) is 55.4 Å². The van der Waals surface area contributed by atoms with Crippen LogP contribution in [-0.4, -0.2) is 34.9 Å². The second kappa shape index (κ2) is 6.96. The summed E-state index contributed by atoms with van der Waals surface area (Å²) < 4.78 is 0. The van der Waals surface area contributed by atoms with Crippen LogP contribution in [0.25, 0.3) is 11.3 Å². The smallest absolute Gasteiger partial charge is 0.240 e. The van der Waals surface area contributed by atoms with Gasteiger partial charge in [-0.1, -0.05) is 29.8 Å². The molecule has 6 rings (SSSR count). The summed E-state index contributed by atoms with van der Waals surface area (Å²) in [5.74, 6) is 2.75. The summed E-state index contributed by atoms with van der Waals surface area (Å²) in [7, 11) is 2.16. The van der Waals surface area contributed by atoms with Crippen LogP contribution in [0.4, 0.5) is 5.13 Å². The minimum atomic E-state index is 0.0584. The molecule has 1 aromatic carbocycles. The predicted molar refractivity (Wildman–Crippen MR) is 114 cm³/mol. The number of anilines is 1. The van der Waals surface area contributed by atoms with Crippen molar-refractivity contribution in [2.24, 2.45) is 17.8 Å². The summed E-state index contributed by atoms with van der Waals surface area (Å²) in [4.78, 5) is 19.7. The van der Waals surface area contributed by atoms with E-state index in [0.29, 0.717) is 11.7 Å². The molecule has 5 heteroatoms. The lowest BCUT2D eigenvalue weighted by atomic mass is 9.52. The first-order valence-corrected chi connectivity index (χ1v) is 11.4. The highest BCUT2D eigenvalue weighted by atomic mass is 32.1. The lowest BCUT2D eigenvalue weighted by Gasteiger charge is -2.59. The third kappa shape index (κ3) is 3.39. The number of thiazole rings is 1. The maximum Gasteiger partial charge on any atom is 0.240 e. The Bertz CT molecular complexity index is 837. The average molecular weight is 396 g/mol. The fraction of sp³-hybridized carbons (Fsp3) is 0.565. The predicted octanol–water partition coefficient (Wildman–Crippen LogP) is 4.96. The molecule has 0 spiro atoms. The van der Waals surface area contributed by atoms with E-state index in [1.54, 1.807) is 0 Å². The van der Waals surface area contributed by atoms with Crippen LogP contribution in [0.2, 0.25) is 0 Å². The van der Waals surface area contributed by atoms with Gasteiger partial charge in [-0.2, -0.15) is 0 Å². The first kappa shape index (κ1) is 18.3. The third-order valence-electron chi connectivity index (χ3n) is 7.29. The van der Waals surface area contributed by atoms with Gasteiger partial charge in [0.1, 0.15) is 0 Å². The molecular weight excluding hydrogens is 366 g/mol. The van der Waals surface area contributed by atoms with Gasteiger partial charge in [-0.3, -0.25) is 9.69 Å². The molecule has 148 valence electrons. The standard InChI is InChI=1S/C23H29N3OS/c1-15-3-5-19(6-4-15)20-14-28-22(24-20)25-21(27)13-26(2)23-10-16-7-17(11-23)9-18(8-16)12-23/h3-6,14,16-18H,7-13H2,1-2H3,(H,24,25,27). The normalized spacial score (nSPS) is 30.8. The van der Waals surface area contributed by atoms with Crippen molar-refractivity contribution in [3.8, 4) is 11.3 Å². The van der Waals surface area contributed by atoms with Gasteiger partial charge >= 0.3 is 0 Å². The SMILES string of the molecule is Cc1ccc(-c2csc(NC(=O)CN(C)C34CC5CC(CC(C5)C3)C4)n2)cc1. The first-order chi connectivity index (χ1) is 13.5. The van der Waals surface area contributed by atoms with Crippen molar-refractivity contribution in [1.29, 1.82) is 0 Å². The van der Waals surface area contributed by atoms with Crippen LogP contribution in [0, 0.1) is 24.7 Å².